The fourth-order valence-corrected chi connectivity index (χ4v) is 3.70. The van der Waals surface area contributed by atoms with Crippen LogP contribution in [0.3, 0.4) is 0 Å². The van der Waals surface area contributed by atoms with E-state index in [1.54, 1.807) is 24.8 Å². The Balaban J connectivity index is 0. The largest absolute Gasteiger partial charge is 0.255 e. The van der Waals surface area contributed by atoms with Crippen molar-refractivity contribution in [3.8, 4) is 22.8 Å². The number of nitrogens with zero attached hydrogens (tertiary/aromatic N) is 6. The van der Waals surface area contributed by atoms with Gasteiger partial charge >= 0.3 is 0 Å². The summed E-state index contributed by atoms with van der Waals surface area (Å²) in [5.74, 6) is 0. The van der Waals surface area contributed by atoms with Gasteiger partial charge < -0.3 is 0 Å². The molecule has 5 rings (SSSR count). The van der Waals surface area contributed by atoms with Crippen LogP contribution in [0.4, 0.5) is 11.4 Å². The van der Waals surface area contributed by atoms with Gasteiger partial charge in [-0.05, 0) is 85.6 Å². The third-order valence-corrected chi connectivity index (χ3v) is 5.58. The number of rotatable bonds is 6. The molecule has 0 fully saturated rings. The molecule has 0 saturated heterocycles. The minimum atomic E-state index is 0. The third kappa shape index (κ3) is 11.3. The van der Waals surface area contributed by atoms with Gasteiger partial charge in [0.25, 0.3) is 0 Å². The molecule has 0 aliphatic rings. The van der Waals surface area contributed by atoms with Gasteiger partial charge in [0, 0.05) is 46.5 Å². The van der Waals surface area contributed by atoms with Crippen LogP contribution in [-0.2, 0) is 34.1 Å². The SMILES string of the molecule is Br.Br.Br.Br.Cc1cc(N=Cc2cccc(-c3ccccn3)n2)c(C)cc1N=Cc1cccc(-c2ccccn2)n1.[Fe].[Fe]. The first-order valence-electron chi connectivity index (χ1n) is 11.6. The summed E-state index contributed by atoms with van der Waals surface area (Å²) in [6, 6.07) is 27.3. The molecule has 0 bridgehead atoms. The topological polar surface area (TPSA) is 76.3 Å². The van der Waals surface area contributed by atoms with Gasteiger partial charge in [-0.15, -0.1) is 67.9 Å². The van der Waals surface area contributed by atoms with Crippen molar-refractivity contribution in [1.29, 1.82) is 0 Å². The molecule has 5 aromatic rings. The van der Waals surface area contributed by atoms with Crippen LogP contribution in [0.5, 0.6) is 0 Å². The third-order valence-electron chi connectivity index (χ3n) is 5.58. The van der Waals surface area contributed by atoms with Crippen LogP contribution in [0.15, 0.2) is 107 Å². The van der Waals surface area contributed by atoms with Crippen molar-refractivity contribution in [2.45, 2.75) is 13.8 Å². The first kappa shape index (κ1) is 42.3. The Labute approximate surface area is 309 Å². The Morgan fingerprint density at radius 1 is 0.500 bits per heavy atom. The van der Waals surface area contributed by atoms with Gasteiger partial charge in [0.05, 0.1) is 58.0 Å². The van der Waals surface area contributed by atoms with Crippen molar-refractivity contribution in [3.63, 3.8) is 0 Å². The standard InChI is InChI=1S/C30H24N6.4BrH.2Fe/c1-21-17-30(34-20-24-10-8-14-28(36-24)26-12-4-6-16-32-26)22(2)18-29(21)33-19-23-9-7-13-27(35-23)25-11-3-5-15-31-25;;;;;;/h3-20H,1-2H3;4*1H;;. The van der Waals surface area contributed by atoms with Gasteiger partial charge in [0.1, 0.15) is 0 Å². The van der Waals surface area contributed by atoms with Crippen molar-refractivity contribution < 1.29 is 34.1 Å². The number of aromatic nitrogens is 4. The zero-order chi connectivity index (χ0) is 24.7. The van der Waals surface area contributed by atoms with E-state index in [4.69, 9.17) is 9.98 Å². The summed E-state index contributed by atoms with van der Waals surface area (Å²) < 4.78 is 0. The molecule has 4 aromatic heterocycles. The first-order valence-corrected chi connectivity index (χ1v) is 11.6. The molecule has 0 atom stereocenters. The van der Waals surface area contributed by atoms with Crippen molar-refractivity contribution >= 4 is 91.7 Å². The van der Waals surface area contributed by atoms with E-state index in [0.717, 1.165) is 56.7 Å². The Morgan fingerprint density at radius 2 is 0.881 bits per heavy atom. The van der Waals surface area contributed by atoms with Crippen molar-refractivity contribution in [2.75, 3.05) is 0 Å². The Hall–Kier alpha value is -1.88. The molecule has 0 amide bonds. The molecule has 0 unspecified atom stereocenters. The van der Waals surface area contributed by atoms with Crippen LogP contribution in [-0.4, -0.2) is 32.4 Å². The zero-order valence-corrected chi connectivity index (χ0v) is 31.5. The van der Waals surface area contributed by atoms with E-state index in [0.29, 0.717) is 0 Å². The van der Waals surface area contributed by atoms with Crippen molar-refractivity contribution in [1.82, 2.24) is 19.9 Å². The average Bonchev–Trinajstić information content (AvgIpc) is 2.94. The maximum atomic E-state index is 4.70. The van der Waals surface area contributed by atoms with E-state index in [9.17, 15) is 0 Å². The molecule has 42 heavy (non-hydrogen) atoms. The molecule has 1 aromatic carbocycles. The van der Waals surface area contributed by atoms with E-state index >= 15 is 0 Å². The molecular weight excluding hydrogens is 876 g/mol. The van der Waals surface area contributed by atoms with E-state index in [2.05, 4.69) is 19.9 Å². The van der Waals surface area contributed by atoms with Crippen LogP contribution < -0.4 is 0 Å². The van der Waals surface area contributed by atoms with Crippen molar-refractivity contribution in [3.05, 3.63) is 120 Å². The van der Waals surface area contributed by atoms with Gasteiger partial charge in [0.15, 0.2) is 0 Å². The molecule has 6 nitrogen and oxygen atoms in total. The predicted molar refractivity (Wildman–Crippen MR) is 187 cm³/mol. The van der Waals surface area contributed by atoms with Gasteiger partial charge in [0.2, 0.25) is 0 Å². The monoisotopic (exact) mass is 900 g/mol. The number of pyridine rings is 4. The summed E-state index contributed by atoms with van der Waals surface area (Å²) in [4.78, 5) is 27.5. The van der Waals surface area contributed by atoms with Gasteiger partial charge in [-0.25, -0.2) is 9.97 Å². The van der Waals surface area contributed by atoms with Gasteiger partial charge in [-0.1, -0.05) is 24.3 Å². The van der Waals surface area contributed by atoms with Gasteiger partial charge in [-0.2, -0.15) is 0 Å². The second kappa shape index (κ2) is 20.9. The van der Waals surface area contributed by atoms with Crippen LogP contribution in [0.1, 0.15) is 22.5 Å². The number of aliphatic imine (C=N–C) groups is 2. The Bertz CT molecular complexity index is 1450. The number of hydrogen-bond acceptors (Lipinski definition) is 6. The molecule has 0 saturated carbocycles. The summed E-state index contributed by atoms with van der Waals surface area (Å²) in [7, 11) is 0. The van der Waals surface area contributed by atoms with E-state index in [1.807, 2.05) is 98.8 Å². The fourth-order valence-electron chi connectivity index (χ4n) is 3.70. The summed E-state index contributed by atoms with van der Waals surface area (Å²) in [5.41, 5.74) is 8.67. The summed E-state index contributed by atoms with van der Waals surface area (Å²) >= 11 is 0. The van der Waals surface area contributed by atoms with Crippen molar-refractivity contribution in [2.24, 2.45) is 9.98 Å². The second-order valence-electron chi connectivity index (χ2n) is 8.27. The normalized spacial score (nSPS) is 9.76. The molecule has 0 radical (unpaired) electrons. The zero-order valence-electron chi connectivity index (χ0n) is 22.4. The quantitative estimate of drug-likeness (QED) is 0.126. The van der Waals surface area contributed by atoms with Crippen LogP contribution in [0, 0.1) is 13.8 Å². The number of aryl methyl sites for hydroxylation is 2. The number of halogens is 4. The Morgan fingerprint density at radius 3 is 1.24 bits per heavy atom. The summed E-state index contributed by atoms with van der Waals surface area (Å²) in [6.07, 6.45) is 7.09. The van der Waals surface area contributed by atoms with E-state index in [1.165, 1.54) is 0 Å². The number of hydrogen-bond donors (Lipinski definition) is 0. The minimum Gasteiger partial charge on any atom is -0.255 e. The molecular formula is C30H28Br4Fe2N6. The molecule has 0 aliphatic heterocycles. The van der Waals surface area contributed by atoms with Crippen LogP contribution >= 0.6 is 67.9 Å². The molecule has 12 heteroatoms. The van der Waals surface area contributed by atoms with Gasteiger partial charge in [-0.3, -0.25) is 20.0 Å². The molecule has 0 spiro atoms. The Kier molecular flexibility index (Phi) is 21.1. The maximum Gasteiger partial charge on any atom is 0.0894 e. The van der Waals surface area contributed by atoms with Crippen LogP contribution in [0.2, 0.25) is 0 Å². The molecule has 4 heterocycles. The van der Waals surface area contributed by atoms with E-state index < -0.39 is 0 Å². The predicted octanol–water partition coefficient (Wildman–Crippen LogP) is 9.03. The van der Waals surface area contributed by atoms with Crippen LogP contribution in [0.25, 0.3) is 22.8 Å². The minimum absolute atomic E-state index is 0. The first-order chi connectivity index (χ1) is 17.7. The molecule has 0 aliphatic carbocycles. The molecule has 0 N–H and O–H groups in total. The smallest absolute Gasteiger partial charge is 0.0894 e. The maximum absolute atomic E-state index is 4.70. The molecule has 222 valence electrons. The summed E-state index contributed by atoms with van der Waals surface area (Å²) in [5, 5.41) is 0. The summed E-state index contributed by atoms with van der Waals surface area (Å²) in [6.45, 7) is 4.06. The fraction of sp³-hybridized carbons (Fsp3) is 0.0667. The second-order valence-corrected chi connectivity index (χ2v) is 8.27. The van der Waals surface area contributed by atoms with E-state index in [-0.39, 0.29) is 102 Å². The number of benzene rings is 1. The average molecular weight is 904 g/mol.